The van der Waals surface area contributed by atoms with Crippen molar-refractivity contribution in [2.75, 3.05) is 13.1 Å². The lowest BCUT2D eigenvalue weighted by molar-refractivity contribution is 0.121. The van der Waals surface area contributed by atoms with E-state index in [0.717, 1.165) is 64.5 Å². The molecule has 1 saturated heterocycles. The van der Waals surface area contributed by atoms with E-state index in [4.69, 9.17) is 4.98 Å². The number of fused-ring (bicyclic) bond motifs is 3. The minimum atomic E-state index is -0.809. The number of hydrogen-bond donors (Lipinski definition) is 1. The van der Waals surface area contributed by atoms with Gasteiger partial charge in [-0.3, -0.25) is 4.98 Å². The molecule has 1 amide bonds. The van der Waals surface area contributed by atoms with E-state index >= 15 is 0 Å². The molecular formula is C20H23BrN4O2. The lowest BCUT2D eigenvalue weighted by atomic mass is 9.96. The molecule has 27 heavy (non-hydrogen) atoms. The quantitative estimate of drug-likeness (QED) is 0.651. The molecule has 6 nitrogen and oxygen atoms in total. The molecule has 4 rings (SSSR count). The average molecular weight is 431 g/mol. The van der Waals surface area contributed by atoms with Crippen LogP contribution in [-0.2, 0) is 13.0 Å². The van der Waals surface area contributed by atoms with Crippen molar-refractivity contribution in [1.29, 1.82) is 0 Å². The number of nitrogens with zero attached hydrogens (tertiary/aromatic N) is 4. The van der Waals surface area contributed by atoms with Gasteiger partial charge < -0.3 is 14.6 Å². The monoisotopic (exact) mass is 430 g/mol. The summed E-state index contributed by atoms with van der Waals surface area (Å²) < 4.78 is 3.38. The summed E-state index contributed by atoms with van der Waals surface area (Å²) >= 11 is 3.53. The largest absolute Gasteiger partial charge is 0.465 e. The van der Waals surface area contributed by atoms with Crippen LogP contribution in [-0.4, -0.2) is 43.7 Å². The highest BCUT2D eigenvalue weighted by Gasteiger charge is 2.24. The summed E-state index contributed by atoms with van der Waals surface area (Å²) in [5, 5.41) is 10.3. The van der Waals surface area contributed by atoms with E-state index < -0.39 is 6.09 Å². The van der Waals surface area contributed by atoms with Crippen molar-refractivity contribution < 1.29 is 9.90 Å². The van der Waals surface area contributed by atoms with Gasteiger partial charge in [0.25, 0.3) is 0 Å². The second kappa shape index (κ2) is 7.46. The molecule has 0 aliphatic carbocycles. The molecule has 1 fully saturated rings. The number of amides is 1. The number of rotatable bonds is 4. The average Bonchev–Trinajstić information content (AvgIpc) is 3.00. The van der Waals surface area contributed by atoms with Crippen molar-refractivity contribution in [2.24, 2.45) is 5.92 Å². The first-order valence-corrected chi connectivity index (χ1v) is 10.3. The summed E-state index contributed by atoms with van der Waals surface area (Å²) in [6, 6.07) is 6.19. The number of piperidine rings is 1. The van der Waals surface area contributed by atoms with Crippen molar-refractivity contribution in [3.63, 3.8) is 0 Å². The minimum absolute atomic E-state index is 0.465. The summed E-state index contributed by atoms with van der Waals surface area (Å²) in [6.45, 7) is 4.28. The van der Waals surface area contributed by atoms with Gasteiger partial charge in [-0.05, 0) is 43.4 Å². The molecule has 142 valence electrons. The summed E-state index contributed by atoms with van der Waals surface area (Å²) in [6.07, 6.45) is 4.82. The first kappa shape index (κ1) is 18.2. The zero-order valence-electron chi connectivity index (χ0n) is 15.4. The van der Waals surface area contributed by atoms with Crippen LogP contribution in [0.5, 0.6) is 0 Å². The molecule has 0 spiro atoms. The minimum Gasteiger partial charge on any atom is -0.465 e. The number of carbonyl (C=O) groups is 1. The van der Waals surface area contributed by atoms with Gasteiger partial charge in [-0.15, -0.1) is 0 Å². The molecule has 0 saturated carbocycles. The van der Waals surface area contributed by atoms with Gasteiger partial charge in [0.1, 0.15) is 11.3 Å². The van der Waals surface area contributed by atoms with E-state index in [0.29, 0.717) is 19.0 Å². The molecule has 1 aliphatic rings. The zero-order valence-corrected chi connectivity index (χ0v) is 16.9. The summed E-state index contributed by atoms with van der Waals surface area (Å²) in [4.78, 5) is 22.1. The van der Waals surface area contributed by atoms with Gasteiger partial charge in [-0.1, -0.05) is 22.9 Å². The van der Waals surface area contributed by atoms with E-state index in [1.165, 1.54) is 4.90 Å². The zero-order chi connectivity index (χ0) is 19.0. The van der Waals surface area contributed by atoms with Crippen LogP contribution in [0.25, 0.3) is 21.9 Å². The maximum atomic E-state index is 11.2. The maximum absolute atomic E-state index is 11.2. The van der Waals surface area contributed by atoms with Gasteiger partial charge in [0.15, 0.2) is 0 Å². The van der Waals surface area contributed by atoms with Crippen molar-refractivity contribution >= 4 is 44.0 Å². The van der Waals surface area contributed by atoms with Crippen molar-refractivity contribution in [1.82, 2.24) is 19.4 Å². The fourth-order valence-corrected chi connectivity index (χ4v) is 4.36. The van der Waals surface area contributed by atoms with Gasteiger partial charge in [0, 0.05) is 35.9 Å². The Balaban J connectivity index is 1.73. The number of aromatic nitrogens is 3. The molecule has 1 N–H and O–H groups in total. The Kier molecular flexibility index (Phi) is 5.04. The first-order valence-electron chi connectivity index (χ1n) is 9.48. The molecule has 0 radical (unpaired) electrons. The predicted octanol–water partition coefficient (Wildman–Crippen LogP) is 4.69. The van der Waals surface area contributed by atoms with E-state index in [1.807, 2.05) is 18.3 Å². The van der Waals surface area contributed by atoms with Crippen LogP contribution in [0.2, 0.25) is 0 Å². The van der Waals surface area contributed by atoms with Crippen LogP contribution in [0, 0.1) is 5.92 Å². The normalized spacial score (nSPS) is 15.7. The molecule has 7 heteroatoms. The SMILES string of the molecule is CCCc1nc2cnc3cc(Br)ccc3c2n1CC1CCN(C(=O)O)CC1. The topological polar surface area (TPSA) is 71.2 Å². The second-order valence-electron chi connectivity index (χ2n) is 7.26. The Morgan fingerprint density at radius 1 is 1.30 bits per heavy atom. The number of likely N-dealkylation sites (tertiary alicyclic amines) is 1. The van der Waals surface area contributed by atoms with Gasteiger partial charge in [-0.25, -0.2) is 9.78 Å². The van der Waals surface area contributed by atoms with Crippen molar-refractivity contribution in [2.45, 2.75) is 39.2 Å². The number of aryl methyl sites for hydroxylation is 1. The van der Waals surface area contributed by atoms with Gasteiger partial charge >= 0.3 is 6.09 Å². The van der Waals surface area contributed by atoms with Crippen LogP contribution in [0.15, 0.2) is 28.9 Å². The molecule has 1 aromatic carbocycles. The van der Waals surface area contributed by atoms with Crippen molar-refractivity contribution in [3.05, 3.63) is 34.7 Å². The van der Waals surface area contributed by atoms with Gasteiger partial charge in [0.05, 0.1) is 17.2 Å². The first-order chi connectivity index (χ1) is 13.1. The van der Waals surface area contributed by atoms with E-state index in [-0.39, 0.29) is 0 Å². The number of imidazole rings is 1. The van der Waals surface area contributed by atoms with Crippen LogP contribution >= 0.6 is 15.9 Å². The fourth-order valence-electron chi connectivity index (χ4n) is 4.01. The number of halogens is 1. The number of benzene rings is 1. The molecule has 0 atom stereocenters. The van der Waals surface area contributed by atoms with Crippen LogP contribution in [0.3, 0.4) is 0 Å². The van der Waals surface area contributed by atoms with Crippen LogP contribution in [0.1, 0.15) is 32.0 Å². The summed E-state index contributed by atoms with van der Waals surface area (Å²) in [7, 11) is 0. The van der Waals surface area contributed by atoms with Gasteiger partial charge in [0.2, 0.25) is 0 Å². The van der Waals surface area contributed by atoms with E-state index in [9.17, 15) is 9.90 Å². The van der Waals surface area contributed by atoms with E-state index in [2.05, 4.69) is 38.5 Å². The fraction of sp³-hybridized carbons (Fsp3) is 0.450. The number of carboxylic acid groups (broad SMARTS) is 1. The third-order valence-electron chi connectivity index (χ3n) is 5.41. The summed E-state index contributed by atoms with van der Waals surface area (Å²) in [5.41, 5.74) is 3.05. The molecule has 0 unspecified atom stereocenters. The van der Waals surface area contributed by atoms with Gasteiger partial charge in [-0.2, -0.15) is 0 Å². The van der Waals surface area contributed by atoms with E-state index in [1.54, 1.807) is 0 Å². The Bertz CT molecular complexity index is 992. The predicted molar refractivity (Wildman–Crippen MR) is 109 cm³/mol. The highest BCUT2D eigenvalue weighted by atomic mass is 79.9. The highest BCUT2D eigenvalue weighted by Crippen LogP contribution is 2.29. The Morgan fingerprint density at radius 3 is 2.78 bits per heavy atom. The van der Waals surface area contributed by atoms with Crippen LogP contribution < -0.4 is 0 Å². The Hall–Kier alpha value is -2.15. The molecule has 2 aromatic heterocycles. The molecule has 1 aliphatic heterocycles. The molecule has 3 aromatic rings. The Labute approximate surface area is 166 Å². The highest BCUT2D eigenvalue weighted by molar-refractivity contribution is 9.10. The van der Waals surface area contributed by atoms with Crippen molar-refractivity contribution in [3.8, 4) is 0 Å². The van der Waals surface area contributed by atoms with Crippen LogP contribution in [0.4, 0.5) is 4.79 Å². The lowest BCUT2D eigenvalue weighted by Crippen LogP contribution is -2.38. The third kappa shape index (κ3) is 3.52. The second-order valence-corrected chi connectivity index (χ2v) is 8.17. The number of pyridine rings is 1. The smallest absolute Gasteiger partial charge is 0.407 e. The maximum Gasteiger partial charge on any atom is 0.407 e. The third-order valence-corrected chi connectivity index (χ3v) is 5.91. The summed E-state index contributed by atoms with van der Waals surface area (Å²) in [5.74, 6) is 1.57. The Morgan fingerprint density at radius 2 is 2.07 bits per heavy atom. The molecular weight excluding hydrogens is 408 g/mol. The number of hydrogen-bond acceptors (Lipinski definition) is 3. The standard InChI is InChI=1S/C20H23BrN4O2/c1-2-3-18-23-17-11-22-16-10-14(21)4-5-15(16)19(17)25(18)12-13-6-8-24(9-7-13)20(26)27/h4-5,10-11,13H,2-3,6-9,12H2,1H3,(H,26,27). The molecule has 0 bridgehead atoms. The molecule has 3 heterocycles. The lowest BCUT2D eigenvalue weighted by Gasteiger charge is -2.30.